The molecule has 0 saturated heterocycles. The molecular weight excluding hydrogens is 218 g/mol. The van der Waals surface area contributed by atoms with Gasteiger partial charge in [0.15, 0.2) is 0 Å². The molecule has 1 atom stereocenters. The van der Waals surface area contributed by atoms with Crippen molar-refractivity contribution in [2.24, 2.45) is 0 Å². The molecule has 1 aromatic carbocycles. The molecule has 0 aliphatic carbocycles. The molecule has 1 unspecified atom stereocenters. The second-order valence-electron chi connectivity index (χ2n) is 5.43. The van der Waals surface area contributed by atoms with Crippen molar-refractivity contribution >= 4 is 0 Å². The fourth-order valence-electron chi connectivity index (χ4n) is 2.77. The van der Waals surface area contributed by atoms with E-state index in [9.17, 15) is 0 Å². The average Bonchev–Trinajstić information content (AvgIpc) is 2.33. The van der Waals surface area contributed by atoms with E-state index in [4.69, 9.17) is 0 Å². The molecule has 18 heavy (non-hydrogen) atoms. The number of hydrogen-bond acceptors (Lipinski definition) is 1. The van der Waals surface area contributed by atoms with Gasteiger partial charge in [-0.2, -0.15) is 0 Å². The van der Waals surface area contributed by atoms with Crippen LogP contribution >= 0.6 is 0 Å². The zero-order valence-electron chi connectivity index (χ0n) is 13.0. The van der Waals surface area contributed by atoms with E-state index in [0.717, 1.165) is 6.54 Å². The first-order chi connectivity index (χ1) is 8.52. The van der Waals surface area contributed by atoms with E-state index < -0.39 is 0 Å². The minimum atomic E-state index is 0.522. The Labute approximate surface area is 113 Å². The van der Waals surface area contributed by atoms with Crippen LogP contribution in [0.3, 0.4) is 0 Å². The van der Waals surface area contributed by atoms with Crippen LogP contribution in [-0.4, -0.2) is 6.54 Å². The lowest BCUT2D eigenvalue weighted by atomic mass is 9.87. The van der Waals surface area contributed by atoms with Gasteiger partial charge in [-0.05, 0) is 68.5 Å². The highest BCUT2D eigenvalue weighted by Gasteiger charge is 2.17. The smallest absolute Gasteiger partial charge is 0.0325 e. The summed E-state index contributed by atoms with van der Waals surface area (Å²) < 4.78 is 0. The van der Waals surface area contributed by atoms with Crippen molar-refractivity contribution < 1.29 is 0 Å². The number of rotatable bonds is 6. The van der Waals surface area contributed by atoms with Gasteiger partial charge in [-0.15, -0.1) is 0 Å². The Bertz CT molecular complexity index is 367. The van der Waals surface area contributed by atoms with Crippen LogP contribution in [0.5, 0.6) is 0 Å². The van der Waals surface area contributed by atoms with Crippen LogP contribution in [0.25, 0.3) is 0 Å². The first-order valence-corrected chi connectivity index (χ1v) is 7.33. The van der Waals surface area contributed by atoms with Gasteiger partial charge in [-0.1, -0.05) is 32.8 Å². The van der Waals surface area contributed by atoms with Gasteiger partial charge < -0.3 is 5.32 Å². The third-order valence-corrected chi connectivity index (χ3v) is 4.07. The molecule has 0 aliphatic rings. The quantitative estimate of drug-likeness (QED) is 0.764. The van der Waals surface area contributed by atoms with Crippen LogP contribution in [0.4, 0.5) is 0 Å². The van der Waals surface area contributed by atoms with Gasteiger partial charge in [0.1, 0.15) is 0 Å². The minimum absolute atomic E-state index is 0.522. The van der Waals surface area contributed by atoms with Gasteiger partial charge in [0, 0.05) is 6.04 Å². The third kappa shape index (κ3) is 3.35. The van der Waals surface area contributed by atoms with Crippen molar-refractivity contribution in [3.63, 3.8) is 0 Å². The van der Waals surface area contributed by atoms with Gasteiger partial charge in [0.2, 0.25) is 0 Å². The fraction of sp³-hybridized carbons (Fsp3) is 0.647. The van der Waals surface area contributed by atoms with Crippen molar-refractivity contribution in [3.8, 4) is 0 Å². The largest absolute Gasteiger partial charge is 0.310 e. The Morgan fingerprint density at radius 2 is 1.56 bits per heavy atom. The summed E-state index contributed by atoms with van der Waals surface area (Å²) in [5.74, 6) is 0. The summed E-state index contributed by atoms with van der Waals surface area (Å²) >= 11 is 0. The second kappa shape index (κ2) is 6.94. The number of aryl methyl sites for hydroxylation is 2. The van der Waals surface area contributed by atoms with Crippen LogP contribution in [0.15, 0.2) is 6.07 Å². The summed E-state index contributed by atoms with van der Waals surface area (Å²) in [5.41, 5.74) is 7.34. The highest BCUT2D eigenvalue weighted by Crippen LogP contribution is 2.30. The van der Waals surface area contributed by atoms with Crippen molar-refractivity contribution in [2.45, 2.75) is 66.8 Å². The molecule has 0 aliphatic heterocycles. The first kappa shape index (κ1) is 15.2. The van der Waals surface area contributed by atoms with E-state index in [1.807, 2.05) is 0 Å². The number of nitrogens with one attached hydrogen (secondary N) is 1. The predicted octanol–water partition coefficient (Wildman–Crippen LogP) is 4.76. The van der Waals surface area contributed by atoms with Crippen molar-refractivity contribution in [1.82, 2.24) is 5.32 Å². The summed E-state index contributed by atoms with van der Waals surface area (Å²) in [4.78, 5) is 0. The molecular formula is C17H29N. The number of unbranched alkanes of at least 4 members (excludes halogenated alkanes) is 1. The Morgan fingerprint density at radius 3 is 2.00 bits per heavy atom. The zero-order valence-corrected chi connectivity index (χ0v) is 13.0. The first-order valence-electron chi connectivity index (χ1n) is 7.33. The number of hydrogen-bond donors (Lipinski definition) is 1. The lowest BCUT2D eigenvalue weighted by Crippen LogP contribution is -2.23. The summed E-state index contributed by atoms with van der Waals surface area (Å²) in [6, 6.07) is 2.84. The molecule has 0 amide bonds. The Morgan fingerprint density at radius 1 is 1.00 bits per heavy atom. The van der Waals surface area contributed by atoms with Gasteiger partial charge >= 0.3 is 0 Å². The van der Waals surface area contributed by atoms with E-state index in [2.05, 4.69) is 52.9 Å². The van der Waals surface area contributed by atoms with E-state index in [1.54, 1.807) is 5.56 Å². The highest BCUT2D eigenvalue weighted by atomic mass is 14.9. The van der Waals surface area contributed by atoms with Crippen LogP contribution in [0.2, 0.25) is 0 Å². The van der Waals surface area contributed by atoms with Crippen LogP contribution in [-0.2, 0) is 0 Å². The SMILES string of the molecule is CCCCC(NCC)c1c(C)c(C)cc(C)c1C. The molecule has 1 rings (SSSR count). The maximum absolute atomic E-state index is 3.67. The Balaban J connectivity index is 3.17. The molecule has 1 N–H and O–H groups in total. The van der Waals surface area contributed by atoms with Crippen molar-refractivity contribution in [3.05, 3.63) is 33.9 Å². The summed E-state index contributed by atoms with van der Waals surface area (Å²) in [5, 5.41) is 3.67. The maximum atomic E-state index is 3.67. The van der Waals surface area contributed by atoms with Gasteiger partial charge in [-0.3, -0.25) is 0 Å². The molecule has 1 aromatic rings. The average molecular weight is 247 g/mol. The molecule has 0 aromatic heterocycles. The van der Waals surface area contributed by atoms with Crippen LogP contribution < -0.4 is 5.32 Å². The van der Waals surface area contributed by atoms with Gasteiger partial charge in [0.25, 0.3) is 0 Å². The Kier molecular flexibility index (Phi) is 5.87. The molecule has 0 radical (unpaired) electrons. The standard InChI is InChI=1S/C17H29N/c1-7-9-10-16(18-8-2)17-14(5)12(3)11-13(4)15(17)6/h11,16,18H,7-10H2,1-6H3. The summed E-state index contributed by atoms with van der Waals surface area (Å²) in [7, 11) is 0. The molecule has 0 fully saturated rings. The van der Waals surface area contributed by atoms with E-state index in [-0.39, 0.29) is 0 Å². The molecule has 0 bridgehead atoms. The van der Waals surface area contributed by atoms with E-state index in [1.165, 1.54) is 41.5 Å². The number of benzene rings is 1. The predicted molar refractivity (Wildman–Crippen MR) is 81.3 cm³/mol. The highest BCUT2D eigenvalue weighted by molar-refractivity contribution is 5.45. The maximum Gasteiger partial charge on any atom is 0.0325 e. The fourth-order valence-corrected chi connectivity index (χ4v) is 2.77. The lowest BCUT2D eigenvalue weighted by Gasteiger charge is -2.25. The van der Waals surface area contributed by atoms with Gasteiger partial charge in [-0.25, -0.2) is 0 Å². The molecule has 102 valence electrons. The summed E-state index contributed by atoms with van der Waals surface area (Å²) in [6.07, 6.45) is 3.81. The minimum Gasteiger partial charge on any atom is -0.310 e. The zero-order chi connectivity index (χ0) is 13.7. The second-order valence-corrected chi connectivity index (χ2v) is 5.43. The molecule has 0 saturated carbocycles. The van der Waals surface area contributed by atoms with Crippen molar-refractivity contribution in [2.75, 3.05) is 6.54 Å². The lowest BCUT2D eigenvalue weighted by molar-refractivity contribution is 0.490. The van der Waals surface area contributed by atoms with Crippen molar-refractivity contribution in [1.29, 1.82) is 0 Å². The topological polar surface area (TPSA) is 12.0 Å². The normalized spacial score (nSPS) is 12.8. The molecule has 1 nitrogen and oxygen atoms in total. The Hall–Kier alpha value is -0.820. The summed E-state index contributed by atoms with van der Waals surface area (Å²) in [6.45, 7) is 14.5. The van der Waals surface area contributed by atoms with Crippen LogP contribution in [0.1, 0.15) is 67.0 Å². The monoisotopic (exact) mass is 247 g/mol. The van der Waals surface area contributed by atoms with Gasteiger partial charge in [0.05, 0.1) is 0 Å². The molecule has 0 spiro atoms. The van der Waals surface area contributed by atoms with Crippen LogP contribution in [0, 0.1) is 27.7 Å². The third-order valence-electron chi connectivity index (χ3n) is 4.07. The van der Waals surface area contributed by atoms with E-state index >= 15 is 0 Å². The molecule has 1 heteroatoms. The molecule has 0 heterocycles. The van der Waals surface area contributed by atoms with E-state index in [0.29, 0.717) is 6.04 Å².